The molecule has 1 aromatic heterocycles. The number of fused-ring (bicyclic) bond motifs is 1. The molecule has 0 unspecified atom stereocenters. The van der Waals surface area contributed by atoms with Gasteiger partial charge in [-0.2, -0.15) is 0 Å². The molecule has 0 N–H and O–H groups in total. The molecule has 25 heavy (non-hydrogen) atoms. The number of piperidine rings is 1. The predicted molar refractivity (Wildman–Crippen MR) is 97.0 cm³/mol. The molecule has 0 bridgehead atoms. The van der Waals surface area contributed by atoms with Gasteiger partial charge in [-0.3, -0.25) is 4.79 Å². The fourth-order valence-corrected chi connectivity index (χ4v) is 3.19. The van der Waals surface area contributed by atoms with Gasteiger partial charge in [0.1, 0.15) is 0 Å². The van der Waals surface area contributed by atoms with E-state index in [-0.39, 0.29) is 5.91 Å². The van der Waals surface area contributed by atoms with Gasteiger partial charge in [-0.05, 0) is 37.8 Å². The molecular weight excluding hydrogens is 318 g/mol. The minimum absolute atomic E-state index is 0.0518. The molecule has 134 valence electrons. The summed E-state index contributed by atoms with van der Waals surface area (Å²) >= 11 is 0. The van der Waals surface area contributed by atoms with Gasteiger partial charge >= 0.3 is 0 Å². The summed E-state index contributed by atoms with van der Waals surface area (Å²) in [7, 11) is 0. The molecule has 5 heteroatoms. The van der Waals surface area contributed by atoms with E-state index in [0.717, 1.165) is 37.9 Å². The number of carbonyl (C=O) groups excluding carboxylic acids is 1. The van der Waals surface area contributed by atoms with Crippen molar-refractivity contribution in [1.29, 1.82) is 0 Å². The van der Waals surface area contributed by atoms with Gasteiger partial charge in [0.2, 0.25) is 0 Å². The van der Waals surface area contributed by atoms with E-state index in [1.165, 1.54) is 0 Å². The topological polar surface area (TPSA) is 51.9 Å². The summed E-state index contributed by atoms with van der Waals surface area (Å²) in [6.45, 7) is 8.92. The van der Waals surface area contributed by atoms with E-state index in [1.54, 1.807) is 12.1 Å². The maximum absolute atomic E-state index is 12.8. The zero-order chi connectivity index (χ0) is 17.6. The Bertz CT molecular complexity index is 728. The van der Waals surface area contributed by atoms with Crippen molar-refractivity contribution in [3.8, 4) is 5.75 Å². The Balaban J connectivity index is 1.65. The maximum atomic E-state index is 12.8. The molecule has 1 aliphatic heterocycles. The summed E-state index contributed by atoms with van der Waals surface area (Å²) in [6, 6.07) is 7.50. The van der Waals surface area contributed by atoms with Crippen LogP contribution in [0.1, 0.15) is 30.3 Å². The van der Waals surface area contributed by atoms with Crippen LogP contribution in [0.5, 0.6) is 5.75 Å². The van der Waals surface area contributed by atoms with Crippen LogP contribution in [-0.4, -0.2) is 43.7 Å². The SMILES string of the molecule is C=CCOCC1CCN(C(=O)c2cc3cccc(OCC)c3o2)CC1. The molecular formula is C20H25NO4. The lowest BCUT2D eigenvalue weighted by molar-refractivity contribution is 0.0552. The molecule has 0 saturated carbocycles. The first-order valence-electron chi connectivity index (χ1n) is 8.86. The summed E-state index contributed by atoms with van der Waals surface area (Å²) in [6.07, 6.45) is 3.66. The lowest BCUT2D eigenvalue weighted by Gasteiger charge is -2.31. The number of hydrogen-bond donors (Lipinski definition) is 0. The molecule has 0 radical (unpaired) electrons. The quantitative estimate of drug-likeness (QED) is 0.565. The highest BCUT2D eigenvalue weighted by atomic mass is 16.5. The van der Waals surface area contributed by atoms with Gasteiger partial charge in [-0.25, -0.2) is 0 Å². The van der Waals surface area contributed by atoms with Gasteiger partial charge in [0.05, 0.1) is 13.2 Å². The van der Waals surface area contributed by atoms with Crippen molar-refractivity contribution in [3.63, 3.8) is 0 Å². The summed E-state index contributed by atoms with van der Waals surface area (Å²) in [5, 5.41) is 0.891. The molecule has 1 saturated heterocycles. The Morgan fingerprint density at radius 2 is 2.20 bits per heavy atom. The number of hydrogen-bond acceptors (Lipinski definition) is 4. The van der Waals surface area contributed by atoms with E-state index in [4.69, 9.17) is 13.9 Å². The van der Waals surface area contributed by atoms with E-state index in [0.29, 0.717) is 36.2 Å². The van der Waals surface area contributed by atoms with Crippen LogP contribution >= 0.6 is 0 Å². The third-order valence-electron chi connectivity index (χ3n) is 4.51. The number of rotatable bonds is 7. The Kier molecular flexibility index (Phi) is 5.76. The highest BCUT2D eigenvalue weighted by molar-refractivity contribution is 5.97. The Morgan fingerprint density at radius 3 is 2.92 bits per heavy atom. The number of amides is 1. The Hall–Kier alpha value is -2.27. The maximum Gasteiger partial charge on any atom is 0.289 e. The van der Waals surface area contributed by atoms with Crippen LogP contribution in [0.25, 0.3) is 11.0 Å². The average molecular weight is 343 g/mol. The summed E-state index contributed by atoms with van der Waals surface area (Å²) in [5.41, 5.74) is 0.639. The Labute approximate surface area is 148 Å². The van der Waals surface area contributed by atoms with Crippen molar-refractivity contribution >= 4 is 16.9 Å². The van der Waals surface area contributed by atoms with Gasteiger partial charge in [0, 0.05) is 25.1 Å². The number of ether oxygens (including phenoxy) is 2. The molecule has 1 aromatic carbocycles. The fourth-order valence-electron chi connectivity index (χ4n) is 3.19. The highest BCUT2D eigenvalue weighted by Crippen LogP contribution is 2.30. The number of nitrogens with zero attached hydrogens (tertiary/aromatic N) is 1. The van der Waals surface area contributed by atoms with Gasteiger partial charge in [-0.1, -0.05) is 18.2 Å². The molecule has 1 amide bonds. The van der Waals surface area contributed by atoms with Crippen LogP contribution in [0.3, 0.4) is 0 Å². The molecule has 1 aliphatic rings. The van der Waals surface area contributed by atoms with Crippen LogP contribution in [0.4, 0.5) is 0 Å². The van der Waals surface area contributed by atoms with Gasteiger partial charge in [0.25, 0.3) is 5.91 Å². The number of furan rings is 1. The first-order valence-corrected chi connectivity index (χ1v) is 8.86. The van der Waals surface area contributed by atoms with Gasteiger partial charge in [0.15, 0.2) is 17.1 Å². The first kappa shape index (κ1) is 17.5. The molecule has 1 fully saturated rings. The second-order valence-corrected chi connectivity index (χ2v) is 6.28. The van der Waals surface area contributed by atoms with Crippen LogP contribution in [0, 0.1) is 5.92 Å². The zero-order valence-corrected chi connectivity index (χ0v) is 14.7. The third kappa shape index (κ3) is 4.04. The van der Waals surface area contributed by atoms with Crippen molar-refractivity contribution in [3.05, 3.63) is 42.7 Å². The second kappa shape index (κ2) is 8.21. The number of carbonyl (C=O) groups is 1. The van der Waals surface area contributed by atoms with Crippen LogP contribution < -0.4 is 4.74 Å². The van der Waals surface area contributed by atoms with Crippen molar-refractivity contribution in [2.24, 2.45) is 5.92 Å². The van der Waals surface area contributed by atoms with Crippen LogP contribution in [-0.2, 0) is 4.74 Å². The minimum Gasteiger partial charge on any atom is -0.490 e. The third-order valence-corrected chi connectivity index (χ3v) is 4.51. The van der Waals surface area contributed by atoms with E-state index in [1.807, 2.05) is 30.0 Å². The Morgan fingerprint density at radius 1 is 1.40 bits per heavy atom. The molecule has 2 heterocycles. The van der Waals surface area contributed by atoms with Crippen molar-refractivity contribution in [2.75, 3.05) is 32.9 Å². The zero-order valence-electron chi connectivity index (χ0n) is 14.7. The molecule has 0 aliphatic carbocycles. The number of benzene rings is 1. The van der Waals surface area contributed by atoms with Gasteiger partial charge < -0.3 is 18.8 Å². The molecule has 5 nitrogen and oxygen atoms in total. The molecule has 2 aromatic rings. The minimum atomic E-state index is -0.0518. The normalized spacial score (nSPS) is 15.5. The standard InChI is InChI=1S/C20H25NO4/c1-3-12-23-14-15-8-10-21(11-9-15)20(22)18-13-16-6-5-7-17(24-4-2)19(16)25-18/h3,5-7,13,15H,1,4,8-12,14H2,2H3. The highest BCUT2D eigenvalue weighted by Gasteiger charge is 2.26. The van der Waals surface area contributed by atoms with Crippen molar-refractivity contribution < 1.29 is 18.7 Å². The van der Waals surface area contributed by atoms with E-state index < -0.39 is 0 Å². The van der Waals surface area contributed by atoms with Crippen molar-refractivity contribution in [1.82, 2.24) is 4.90 Å². The molecule has 0 spiro atoms. The lowest BCUT2D eigenvalue weighted by Crippen LogP contribution is -2.39. The molecule has 0 atom stereocenters. The van der Waals surface area contributed by atoms with E-state index in [9.17, 15) is 4.79 Å². The number of para-hydroxylation sites is 1. The van der Waals surface area contributed by atoms with Crippen LogP contribution in [0.2, 0.25) is 0 Å². The first-order chi connectivity index (χ1) is 12.2. The summed E-state index contributed by atoms with van der Waals surface area (Å²) in [4.78, 5) is 14.6. The van der Waals surface area contributed by atoms with E-state index in [2.05, 4.69) is 6.58 Å². The fraction of sp³-hybridized carbons (Fsp3) is 0.450. The van der Waals surface area contributed by atoms with Gasteiger partial charge in [-0.15, -0.1) is 6.58 Å². The average Bonchev–Trinajstić information content (AvgIpc) is 3.07. The summed E-state index contributed by atoms with van der Waals surface area (Å²) < 4.78 is 16.9. The lowest BCUT2D eigenvalue weighted by atomic mass is 9.97. The second-order valence-electron chi connectivity index (χ2n) is 6.28. The van der Waals surface area contributed by atoms with Crippen LogP contribution in [0.15, 0.2) is 41.3 Å². The number of likely N-dealkylation sites (tertiary alicyclic amines) is 1. The monoisotopic (exact) mass is 343 g/mol. The van der Waals surface area contributed by atoms with Crippen molar-refractivity contribution in [2.45, 2.75) is 19.8 Å². The predicted octanol–water partition coefficient (Wildman–Crippen LogP) is 3.89. The van der Waals surface area contributed by atoms with E-state index >= 15 is 0 Å². The smallest absolute Gasteiger partial charge is 0.289 e. The largest absolute Gasteiger partial charge is 0.490 e. The summed E-state index contributed by atoms with van der Waals surface area (Å²) in [5.74, 6) is 1.51. The molecule has 3 rings (SSSR count).